The predicted octanol–water partition coefficient (Wildman–Crippen LogP) is 3.34. The van der Waals surface area contributed by atoms with Crippen LogP contribution in [-0.2, 0) is 30.8 Å². The summed E-state index contributed by atoms with van der Waals surface area (Å²) >= 11 is 11.6. The van der Waals surface area contributed by atoms with Crippen LogP contribution in [0.5, 0.6) is 0 Å². The summed E-state index contributed by atoms with van der Waals surface area (Å²) in [6.45, 7) is 2.67. The smallest absolute Gasteiger partial charge is 0.324 e. The van der Waals surface area contributed by atoms with Gasteiger partial charge in [0, 0.05) is 6.04 Å². The molecule has 0 aromatic heterocycles. The van der Waals surface area contributed by atoms with Gasteiger partial charge in [-0.15, -0.1) is 0 Å². The van der Waals surface area contributed by atoms with E-state index in [4.69, 9.17) is 27.9 Å². The second kappa shape index (κ2) is 11.5. The lowest BCUT2D eigenvalue weighted by molar-refractivity contribution is -0.149. The standard InChI is InChI=1S/C21H24Cl2N2O5S/c1-14(8-9-16-6-4-3-5-7-16)24-20(26)13-30-21(27)15(2)25-31(28,29)17-10-11-18(22)19(23)12-17/h3-7,10-12,14-15,25H,8-9,13H2,1-2H3,(H,24,26)/t14-,15+/m1/s1. The van der Waals surface area contributed by atoms with Crippen molar-refractivity contribution in [3.8, 4) is 0 Å². The van der Waals surface area contributed by atoms with Crippen molar-refractivity contribution in [2.75, 3.05) is 6.61 Å². The Morgan fingerprint density at radius 1 is 1.03 bits per heavy atom. The largest absolute Gasteiger partial charge is 0.454 e. The van der Waals surface area contributed by atoms with Gasteiger partial charge in [-0.25, -0.2) is 8.42 Å². The quantitative estimate of drug-likeness (QED) is 0.501. The molecule has 0 unspecified atom stereocenters. The topological polar surface area (TPSA) is 102 Å². The number of rotatable bonds is 10. The number of carbonyl (C=O) groups is 2. The van der Waals surface area contributed by atoms with E-state index in [9.17, 15) is 18.0 Å². The van der Waals surface area contributed by atoms with Gasteiger partial charge in [0.25, 0.3) is 5.91 Å². The molecule has 0 bridgehead atoms. The number of ether oxygens (including phenoxy) is 1. The van der Waals surface area contributed by atoms with Gasteiger partial charge in [0.2, 0.25) is 10.0 Å². The number of aryl methyl sites for hydroxylation is 1. The van der Waals surface area contributed by atoms with Crippen LogP contribution in [0.25, 0.3) is 0 Å². The van der Waals surface area contributed by atoms with Crippen LogP contribution in [-0.4, -0.2) is 39.0 Å². The Morgan fingerprint density at radius 3 is 2.35 bits per heavy atom. The van der Waals surface area contributed by atoms with E-state index in [1.165, 1.54) is 25.1 Å². The molecule has 10 heteroatoms. The van der Waals surface area contributed by atoms with Crippen molar-refractivity contribution in [2.24, 2.45) is 0 Å². The number of nitrogens with one attached hydrogen (secondary N) is 2. The third-order valence-corrected chi connectivity index (χ3v) is 6.63. The fourth-order valence-corrected chi connectivity index (χ4v) is 4.25. The number of sulfonamides is 1. The number of hydrogen-bond acceptors (Lipinski definition) is 5. The molecule has 7 nitrogen and oxygen atoms in total. The molecule has 2 rings (SSSR count). The number of amides is 1. The molecule has 0 fully saturated rings. The van der Waals surface area contributed by atoms with Crippen LogP contribution in [0.15, 0.2) is 53.4 Å². The van der Waals surface area contributed by atoms with Crippen molar-refractivity contribution in [3.05, 3.63) is 64.1 Å². The van der Waals surface area contributed by atoms with E-state index in [-0.39, 0.29) is 21.0 Å². The lowest BCUT2D eigenvalue weighted by Gasteiger charge is -2.16. The van der Waals surface area contributed by atoms with E-state index >= 15 is 0 Å². The van der Waals surface area contributed by atoms with Crippen molar-refractivity contribution in [3.63, 3.8) is 0 Å². The minimum Gasteiger partial charge on any atom is -0.454 e. The Hall–Kier alpha value is -2.13. The summed E-state index contributed by atoms with van der Waals surface area (Å²) < 4.78 is 31.9. The molecule has 2 aromatic carbocycles. The maximum absolute atomic E-state index is 12.4. The Labute approximate surface area is 192 Å². The molecular weight excluding hydrogens is 463 g/mol. The molecular formula is C21H24Cl2N2O5S. The lowest BCUT2D eigenvalue weighted by atomic mass is 10.1. The van der Waals surface area contributed by atoms with Gasteiger partial charge in [-0.1, -0.05) is 53.5 Å². The second-order valence-corrected chi connectivity index (χ2v) is 9.55. The van der Waals surface area contributed by atoms with Crippen molar-refractivity contribution in [1.82, 2.24) is 10.0 Å². The van der Waals surface area contributed by atoms with Gasteiger partial charge < -0.3 is 10.1 Å². The monoisotopic (exact) mass is 486 g/mol. The zero-order valence-corrected chi connectivity index (χ0v) is 19.4. The Bertz CT molecular complexity index is 1020. The fourth-order valence-electron chi connectivity index (χ4n) is 2.67. The van der Waals surface area contributed by atoms with E-state index < -0.39 is 34.5 Å². The van der Waals surface area contributed by atoms with E-state index in [1.807, 2.05) is 37.3 Å². The van der Waals surface area contributed by atoms with Crippen LogP contribution in [0, 0.1) is 0 Å². The van der Waals surface area contributed by atoms with Gasteiger partial charge in [-0.3, -0.25) is 9.59 Å². The Kier molecular flexibility index (Phi) is 9.31. The zero-order chi connectivity index (χ0) is 23.0. The fraction of sp³-hybridized carbons (Fsp3) is 0.333. The van der Waals surface area contributed by atoms with Crippen LogP contribution in [0.4, 0.5) is 0 Å². The second-order valence-electron chi connectivity index (χ2n) is 7.02. The molecule has 2 atom stereocenters. The Morgan fingerprint density at radius 2 is 1.71 bits per heavy atom. The molecule has 0 radical (unpaired) electrons. The van der Waals surface area contributed by atoms with Crippen LogP contribution >= 0.6 is 23.2 Å². The third-order valence-electron chi connectivity index (χ3n) is 4.35. The molecule has 0 saturated carbocycles. The average molecular weight is 487 g/mol. The molecule has 0 saturated heterocycles. The van der Waals surface area contributed by atoms with Crippen molar-refractivity contribution in [1.29, 1.82) is 0 Å². The van der Waals surface area contributed by atoms with E-state index in [1.54, 1.807) is 0 Å². The average Bonchev–Trinajstić information content (AvgIpc) is 2.72. The molecule has 2 aromatic rings. The molecule has 1 amide bonds. The molecule has 0 aliphatic rings. The number of hydrogen-bond donors (Lipinski definition) is 2. The first-order chi connectivity index (χ1) is 14.6. The molecule has 0 spiro atoms. The normalized spacial score (nSPS) is 13.3. The van der Waals surface area contributed by atoms with Gasteiger partial charge >= 0.3 is 5.97 Å². The first-order valence-corrected chi connectivity index (χ1v) is 11.8. The van der Waals surface area contributed by atoms with Gasteiger partial charge in [-0.2, -0.15) is 4.72 Å². The summed E-state index contributed by atoms with van der Waals surface area (Å²) in [5.74, 6) is -1.34. The first kappa shape index (κ1) is 25.1. The van der Waals surface area contributed by atoms with Crippen molar-refractivity contribution < 1.29 is 22.7 Å². The summed E-state index contributed by atoms with van der Waals surface area (Å²) in [4.78, 5) is 24.0. The predicted molar refractivity (Wildman–Crippen MR) is 120 cm³/mol. The molecule has 0 heterocycles. The van der Waals surface area contributed by atoms with Crippen molar-refractivity contribution >= 4 is 45.1 Å². The number of esters is 1. The highest BCUT2D eigenvalue weighted by Gasteiger charge is 2.24. The van der Waals surface area contributed by atoms with E-state index in [0.717, 1.165) is 18.4 Å². The summed E-state index contributed by atoms with van der Waals surface area (Å²) in [5.41, 5.74) is 1.16. The van der Waals surface area contributed by atoms with Crippen LogP contribution in [0.1, 0.15) is 25.8 Å². The highest BCUT2D eigenvalue weighted by molar-refractivity contribution is 7.89. The zero-order valence-electron chi connectivity index (χ0n) is 17.1. The van der Waals surface area contributed by atoms with E-state index in [2.05, 4.69) is 10.0 Å². The van der Waals surface area contributed by atoms with Crippen LogP contribution in [0.3, 0.4) is 0 Å². The minimum atomic E-state index is -4.03. The van der Waals surface area contributed by atoms with Gasteiger partial charge in [0.05, 0.1) is 14.9 Å². The maximum Gasteiger partial charge on any atom is 0.324 e. The number of carbonyl (C=O) groups excluding carboxylic acids is 2. The Balaban J connectivity index is 1.78. The van der Waals surface area contributed by atoms with E-state index in [0.29, 0.717) is 0 Å². The first-order valence-electron chi connectivity index (χ1n) is 9.56. The van der Waals surface area contributed by atoms with Gasteiger partial charge in [-0.05, 0) is 50.5 Å². The van der Waals surface area contributed by atoms with Gasteiger partial charge in [0.1, 0.15) is 6.04 Å². The lowest BCUT2D eigenvalue weighted by Crippen LogP contribution is -2.41. The minimum absolute atomic E-state index is 0.0674. The molecule has 0 aliphatic carbocycles. The molecule has 31 heavy (non-hydrogen) atoms. The SMILES string of the molecule is C[C@H](CCc1ccccc1)NC(=O)COC(=O)[C@H](C)NS(=O)(=O)c1ccc(Cl)c(Cl)c1. The highest BCUT2D eigenvalue weighted by atomic mass is 35.5. The molecule has 2 N–H and O–H groups in total. The van der Waals surface area contributed by atoms with Crippen molar-refractivity contribution in [2.45, 2.75) is 43.7 Å². The maximum atomic E-state index is 12.4. The summed E-state index contributed by atoms with van der Waals surface area (Å²) in [5, 5.41) is 3.02. The highest BCUT2D eigenvalue weighted by Crippen LogP contribution is 2.24. The summed E-state index contributed by atoms with van der Waals surface area (Å²) in [6, 6.07) is 12.3. The molecule has 168 valence electrons. The van der Waals surface area contributed by atoms with Crippen LogP contribution < -0.4 is 10.0 Å². The van der Waals surface area contributed by atoms with Gasteiger partial charge in [0.15, 0.2) is 6.61 Å². The summed E-state index contributed by atoms with van der Waals surface area (Å²) in [6.07, 6.45) is 1.53. The summed E-state index contributed by atoms with van der Waals surface area (Å²) in [7, 11) is -4.03. The number of benzene rings is 2. The van der Waals surface area contributed by atoms with Crippen LogP contribution in [0.2, 0.25) is 10.0 Å². The third kappa shape index (κ3) is 8.14. The molecule has 0 aliphatic heterocycles. The number of halogens is 2.